The zero-order valence-corrected chi connectivity index (χ0v) is 12.2. The quantitative estimate of drug-likeness (QED) is 0.851. The number of aromatic nitrogens is 1. The van der Waals surface area contributed by atoms with Crippen LogP contribution in [0, 0.1) is 0 Å². The molecule has 2 heterocycles. The Hall–Kier alpha value is -1.62. The second-order valence-corrected chi connectivity index (χ2v) is 5.64. The normalized spacial score (nSPS) is 14.1. The lowest BCUT2D eigenvalue weighted by Gasteiger charge is -2.28. The molecule has 0 saturated carbocycles. The first-order valence-corrected chi connectivity index (χ1v) is 7.17. The van der Waals surface area contributed by atoms with Gasteiger partial charge in [0.05, 0.1) is 7.11 Å². The Bertz CT molecular complexity index is 582. The fraction of sp³-hybridized carbons (Fsp3) is 0.429. The van der Waals surface area contributed by atoms with Crippen molar-refractivity contribution in [2.75, 3.05) is 12.4 Å². The van der Waals surface area contributed by atoms with Gasteiger partial charge in [0.25, 0.3) is 0 Å². The number of nitrogens with one attached hydrogen (secondary N) is 1. The lowest BCUT2D eigenvalue weighted by molar-refractivity contribution is -0.145. The molecule has 0 aliphatic rings. The minimum absolute atomic E-state index is 0.261. The predicted molar refractivity (Wildman–Crippen MR) is 78.6 cm³/mol. The van der Waals surface area contributed by atoms with Crippen LogP contribution < -0.4 is 5.32 Å². The lowest BCUT2D eigenvalue weighted by atomic mass is 9.96. The van der Waals surface area contributed by atoms with Gasteiger partial charge in [0.1, 0.15) is 11.4 Å². The van der Waals surface area contributed by atoms with Gasteiger partial charge in [0, 0.05) is 16.3 Å². The summed E-state index contributed by atoms with van der Waals surface area (Å²) in [6, 6.07) is 3.99. The summed E-state index contributed by atoms with van der Waals surface area (Å²) >= 11 is 1.66. The average Bonchev–Trinajstić information content (AvgIpc) is 2.87. The molecular formula is C14H18N2O2S. The van der Waals surface area contributed by atoms with Gasteiger partial charge in [-0.2, -0.15) is 0 Å². The molecule has 0 spiro atoms. The third kappa shape index (κ3) is 2.71. The van der Waals surface area contributed by atoms with Crippen LogP contribution in [0.25, 0.3) is 10.1 Å². The van der Waals surface area contributed by atoms with Crippen LogP contribution in [0.15, 0.2) is 23.7 Å². The minimum atomic E-state index is -0.743. The molecule has 0 radical (unpaired) electrons. The maximum atomic E-state index is 12.0. The van der Waals surface area contributed by atoms with Crippen LogP contribution in [0.5, 0.6) is 0 Å². The van der Waals surface area contributed by atoms with Crippen molar-refractivity contribution in [1.29, 1.82) is 0 Å². The Kier molecular flexibility index (Phi) is 4.04. The molecule has 0 aliphatic heterocycles. The van der Waals surface area contributed by atoms with E-state index >= 15 is 0 Å². The van der Waals surface area contributed by atoms with Gasteiger partial charge in [-0.15, -0.1) is 11.3 Å². The smallest absolute Gasteiger partial charge is 0.331 e. The van der Waals surface area contributed by atoms with Crippen LogP contribution in [0.3, 0.4) is 0 Å². The molecule has 0 aliphatic carbocycles. The number of ether oxygens (including phenoxy) is 1. The number of esters is 1. The topological polar surface area (TPSA) is 51.2 Å². The van der Waals surface area contributed by atoms with Gasteiger partial charge in [-0.3, -0.25) is 0 Å². The van der Waals surface area contributed by atoms with E-state index in [4.69, 9.17) is 4.74 Å². The second kappa shape index (κ2) is 5.57. The number of pyridine rings is 1. The van der Waals surface area contributed by atoms with E-state index in [1.165, 1.54) is 7.11 Å². The van der Waals surface area contributed by atoms with Gasteiger partial charge < -0.3 is 10.1 Å². The summed E-state index contributed by atoms with van der Waals surface area (Å²) in [6.45, 7) is 3.90. The fourth-order valence-corrected chi connectivity index (χ4v) is 2.98. The van der Waals surface area contributed by atoms with Crippen LogP contribution in [-0.2, 0) is 9.53 Å². The summed E-state index contributed by atoms with van der Waals surface area (Å²) in [6.07, 6.45) is 3.34. The molecule has 0 saturated heterocycles. The van der Waals surface area contributed by atoms with Crippen molar-refractivity contribution in [2.24, 2.45) is 0 Å². The molecule has 102 valence electrons. The molecule has 0 bridgehead atoms. The molecule has 1 N–H and O–H groups in total. The molecule has 2 rings (SSSR count). The van der Waals surface area contributed by atoms with E-state index in [1.807, 2.05) is 31.4 Å². The van der Waals surface area contributed by atoms with Crippen LogP contribution >= 0.6 is 11.3 Å². The Labute approximate surface area is 116 Å². The molecule has 1 atom stereocenters. The number of thiophene rings is 1. The van der Waals surface area contributed by atoms with Crippen LogP contribution in [0.2, 0.25) is 0 Å². The van der Waals surface area contributed by atoms with E-state index in [2.05, 4.69) is 10.3 Å². The van der Waals surface area contributed by atoms with Crippen molar-refractivity contribution >= 4 is 33.2 Å². The Morgan fingerprint density at radius 2 is 2.32 bits per heavy atom. The average molecular weight is 278 g/mol. The molecule has 0 aromatic carbocycles. The number of fused-ring (bicyclic) bond motifs is 1. The first-order chi connectivity index (χ1) is 9.10. The van der Waals surface area contributed by atoms with E-state index in [1.54, 1.807) is 17.5 Å². The summed E-state index contributed by atoms with van der Waals surface area (Å²) in [7, 11) is 1.41. The zero-order chi connectivity index (χ0) is 13.9. The summed E-state index contributed by atoms with van der Waals surface area (Å²) in [5.41, 5.74) is -0.743. The summed E-state index contributed by atoms with van der Waals surface area (Å²) in [5.74, 6) is 0.475. The molecule has 2 aromatic rings. The Balaban J connectivity index is 2.36. The van der Waals surface area contributed by atoms with Crippen molar-refractivity contribution < 1.29 is 9.53 Å². The van der Waals surface area contributed by atoms with E-state index in [9.17, 15) is 4.79 Å². The van der Waals surface area contributed by atoms with Crippen LogP contribution in [0.1, 0.15) is 26.7 Å². The van der Waals surface area contributed by atoms with Gasteiger partial charge in [-0.05, 0) is 30.9 Å². The van der Waals surface area contributed by atoms with E-state index in [0.29, 0.717) is 6.42 Å². The van der Waals surface area contributed by atoms with Crippen molar-refractivity contribution in [3.05, 3.63) is 23.7 Å². The Morgan fingerprint density at radius 1 is 1.53 bits per heavy atom. The monoisotopic (exact) mass is 278 g/mol. The molecule has 19 heavy (non-hydrogen) atoms. The van der Waals surface area contributed by atoms with Gasteiger partial charge >= 0.3 is 5.97 Å². The van der Waals surface area contributed by atoms with Crippen molar-refractivity contribution in [3.63, 3.8) is 0 Å². The largest absolute Gasteiger partial charge is 0.467 e. The van der Waals surface area contributed by atoms with Crippen LogP contribution in [-0.4, -0.2) is 23.6 Å². The first kappa shape index (κ1) is 13.8. The number of carbonyl (C=O) groups excluding carboxylic acids is 1. The summed E-state index contributed by atoms with van der Waals surface area (Å²) in [5, 5.41) is 6.32. The molecular weight excluding hydrogens is 260 g/mol. The third-order valence-electron chi connectivity index (χ3n) is 3.16. The maximum absolute atomic E-state index is 12.0. The van der Waals surface area contributed by atoms with Crippen LogP contribution in [0.4, 0.5) is 5.82 Å². The van der Waals surface area contributed by atoms with Gasteiger partial charge in [0.2, 0.25) is 0 Å². The van der Waals surface area contributed by atoms with Gasteiger partial charge in [-0.1, -0.05) is 13.3 Å². The van der Waals surface area contributed by atoms with Gasteiger partial charge in [0.15, 0.2) is 0 Å². The number of anilines is 1. The second-order valence-electron chi connectivity index (χ2n) is 4.69. The highest BCUT2D eigenvalue weighted by Gasteiger charge is 2.34. The highest BCUT2D eigenvalue weighted by atomic mass is 32.1. The number of hydrogen-bond acceptors (Lipinski definition) is 5. The summed E-state index contributed by atoms with van der Waals surface area (Å²) in [4.78, 5) is 16.3. The predicted octanol–water partition coefficient (Wildman–Crippen LogP) is 3.44. The molecule has 0 amide bonds. The fourth-order valence-electron chi connectivity index (χ4n) is 2.20. The van der Waals surface area contributed by atoms with E-state index in [0.717, 1.165) is 22.3 Å². The first-order valence-electron chi connectivity index (χ1n) is 6.29. The van der Waals surface area contributed by atoms with Crippen molar-refractivity contribution in [3.8, 4) is 0 Å². The van der Waals surface area contributed by atoms with E-state index in [-0.39, 0.29) is 5.97 Å². The number of methoxy groups -OCH3 is 1. The molecule has 1 unspecified atom stereocenters. The number of rotatable bonds is 5. The number of nitrogens with zero attached hydrogens (tertiary/aromatic N) is 1. The highest BCUT2D eigenvalue weighted by molar-refractivity contribution is 7.17. The maximum Gasteiger partial charge on any atom is 0.331 e. The molecule has 2 aromatic heterocycles. The standard InChI is InChI=1S/C14H18N2O2S/c1-4-7-14(2,13(17)18-3)16-12-10-6-9-19-11(10)5-8-15-12/h5-6,8-9H,4,7H2,1-3H3,(H,15,16). The number of hydrogen-bond donors (Lipinski definition) is 1. The molecule has 5 heteroatoms. The summed E-state index contributed by atoms with van der Waals surface area (Å²) < 4.78 is 6.06. The lowest BCUT2D eigenvalue weighted by Crippen LogP contribution is -2.44. The Morgan fingerprint density at radius 3 is 3.00 bits per heavy atom. The molecule has 4 nitrogen and oxygen atoms in total. The van der Waals surface area contributed by atoms with Gasteiger partial charge in [-0.25, -0.2) is 9.78 Å². The van der Waals surface area contributed by atoms with Crippen molar-refractivity contribution in [2.45, 2.75) is 32.2 Å². The van der Waals surface area contributed by atoms with E-state index < -0.39 is 5.54 Å². The highest BCUT2D eigenvalue weighted by Crippen LogP contribution is 2.29. The zero-order valence-electron chi connectivity index (χ0n) is 11.4. The SMILES string of the molecule is CCCC(C)(Nc1nccc2sccc12)C(=O)OC. The minimum Gasteiger partial charge on any atom is -0.467 e. The third-order valence-corrected chi connectivity index (χ3v) is 4.04. The van der Waals surface area contributed by atoms with Crippen molar-refractivity contribution in [1.82, 2.24) is 4.98 Å². The number of carbonyl (C=O) groups is 1. The molecule has 0 fully saturated rings.